The molecule has 17 nitrogen and oxygen atoms in total. The summed E-state index contributed by atoms with van der Waals surface area (Å²) >= 11 is 0. The normalized spacial score (nSPS) is 14.3. The lowest BCUT2D eigenvalue weighted by Crippen LogP contribution is -2.30. The van der Waals surface area contributed by atoms with Gasteiger partial charge in [-0.25, -0.2) is 9.13 Å². The maximum atomic E-state index is 13.1. The van der Waals surface area contributed by atoms with Gasteiger partial charge in [0.15, 0.2) is 12.2 Å². The molecular formula is C76H148O17P2. The van der Waals surface area contributed by atoms with Crippen LogP contribution < -0.4 is 0 Å². The minimum absolute atomic E-state index is 0.103. The molecule has 19 heteroatoms. The van der Waals surface area contributed by atoms with Crippen LogP contribution in [0.3, 0.4) is 0 Å². The Morgan fingerprint density at radius 2 is 0.537 bits per heavy atom. The molecule has 0 aromatic carbocycles. The van der Waals surface area contributed by atoms with E-state index in [-0.39, 0.29) is 25.7 Å². The van der Waals surface area contributed by atoms with Crippen LogP contribution in [0.1, 0.15) is 395 Å². The summed E-state index contributed by atoms with van der Waals surface area (Å²) in [4.78, 5) is 72.7. The first-order valence-electron chi connectivity index (χ1n) is 39.5. The van der Waals surface area contributed by atoms with Gasteiger partial charge in [0.25, 0.3) is 0 Å². The molecule has 0 heterocycles. The summed E-state index contributed by atoms with van der Waals surface area (Å²) in [5.74, 6) is -0.578. The maximum absolute atomic E-state index is 13.1. The molecule has 0 saturated carbocycles. The molecule has 6 atom stereocenters. The van der Waals surface area contributed by atoms with Gasteiger partial charge in [-0.1, -0.05) is 343 Å². The lowest BCUT2D eigenvalue weighted by molar-refractivity contribution is -0.161. The first-order chi connectivity index (χ1) is 45.9. The lowest BCUT2D eigenvalue weighted by Gasteiger charge is -2.21. The molecule has 0 aromatic rings. The van der Waals surface area contributed by atoms with E-state index in [1.54, 1.807) is 0 Å². The molecule has 0 saturated heterocycles. The molecule has 564 valence electrons. The number of phosphoric ester groups is 2. The highest BCUT2D eigenvalue weighted by molar-refractivity contribution is 7.47. The number of carbonyl (C=O) groups excluding carboxylic acids is 4. The van der Waals surface area contributed by atoms with Crippen molar-refractivity contribution in [3.63, 3.8) is 0 Å². The van der Waals surface area contributed by atoms with Crippen molar-refractivity contribution in [3.8, 4) is 0 Å². The van der Waals surface area contributed by atoms with Crippen LogP contribution in [0.2, 0.25) is 0 Å². The molecule has 0 amide bonds. The van der Waals surface area contributed by atoms with E-state index in [2.05, 4.69) is 41.5 Å². The third-order valence-corrected chi connectivity index (χ3v) is 20.0. The minimum Gasteiger partial charge on any atom is -0.462 e. The number of aliphatic hydroxyl groups is 1. The summed E-state index contributed by atoms with van der Waals surface area (Å²) < 4.78 is 68.5. The summed E-state index contributed by atoms with van der Waals surface area (Å²) in [6.07, 6.45) is 55.6. The van der Waals surface area contributed by atoms with Crippen molar-refractivity contribution in [2.24, 2.45) is 11.8 Å². The fourth-order valence-corrected chi connectivity index (χ4v) is 13.2. The third kappa shape index (κ3) is 69.0. The average Bonchev–Trinajstić information content (AvgIpc) is 2.02. The van der Waals surface area contributed by atoms with Crippen molar-refractivity contribution < 1.29 is 80.2 Å². The van der Waals surface area contributed by atoms with Gasteiger partial charge in [0.05, 0.1) is 26.4 Å². The molecule has 95 heavy (non-hydrogen) atoms. The van der Waals surface area contributed by atoms with Crippen molar-refractivity contribution in [2.75, 3.05) is 39.6 Å². The smallest absolute Gasteiger partial charge is 0.462 e. The lowest BCUT2D eigenvalue weighted by atomic mass is 10.00. The highest BCUT2D eigenvalue weighted by Gasteiger charge is 2.30. The van der Waals surface area contributed by atoms with Crippen LogP contribution in [0.25, 0.3) is 0 Å². The molecular weight excluding hydrogens is 1250 g/mol. The Labute approximate surface area is 581 Å². The SMILES string of the molecule is CCCCCCCCCCCCCCCCC(=O)OC[C@H](COP(=O)(O)OC[C@@H](O)COP(=O)(O)OC[C@@H](COC(=O)CCCCCCCCCCCC)OC(=O)CCCCCCCCC(C)CC)OC(=O)CCCCCCCCCCCCCCCCCCCCC(C)C. The molecule has 0 bridgehead atoms. The molecule has 0 rings (SSSR count). The van der Waals surface area contributed by atoms with Crippen molar-refractivity contribution in [1.82, 2.24) is 0 Å². The van der Waals surface area contributed by atoms with Gasteiger partial charge >= 0.3 is 39.5 Å². The van der Waals surface area contributed by atoms with Gasteiger partial charge < -0.3 is 33.8 Å². The number of aliphatic hydroxyl groups excluding tert-OH is 1. The molecule has 0 spiro atoms. The Hall–Kier alpha value is -1.94. The number of unbranched alkanes of at least 4 members (excludes halogenated alkanes) is 44. The zero-order valence-electron chi connectivity index (χ0n) is 62.0. The second-order valence-electron chi connectivity index (χ2n) is 28.1. The van der Waals surface area contributed by atoms with E-state index in [1.807, 2.05) is 0 Å². The van der Waals surface area contributed by atoms with E-state index >= 15 is 0 Å². The first-order valence-corrected chi connectivity index (χ1v) is 42.5. The number of rotatable bonds is 75. The van der Waals surface area contributed by atoms with Crippen molar-refractivity contribution in [1.29, 1.82) is 0 Å². The van der Waals surface area contributed by atoms with E-state index in [4.69, 9.17) is 37.0 Å². The molecule has 0 fully saturated rings. The van der Waals surface area contributed by atoms with Crippen LogP contribution in [0.5, 0.6) is 0 Å². The number of esters is 4. The fraction of sp³-hybridized carbons (Fsp3) is 0.947. The van der Waals surface area contributed by atoms with Gasteiger partial charge in [-0.15, -0.1) is 0 Å². The number of ether oxygens (including phenoxy) is 4. The summed E-state index contributed by atoms with van der Waals surface area (Å²) in [5, 5.41) is 10.6. The van der Waals surface area contributed by atoms with Gasteiger partial charge in [-0.05, 0) is 37.5 Å². The van der Waals surface area contributed by atoms with Crippen LogP contribution in [0, 0.1) is 11.8 Å². The molecule has 0 aromatic heterocycles. The minimum atomic E-state index is -4.96. The second-order valence-corrected chi connectivity index (χ2v) is 31.0. The van der Waals surface area contributed by atoms with Crippen molar-refractivity contribution >= 4 is 39.5 Å². The van der Waals surface area contributed by atoms with Gasteiger partial charge in [-0.3, -0.25) is 37.3 Å². The second kappa shape index (κ2) is 67.9. The first kappa shape index (κ1) is 93.1. The van der Waals surface area contributed by atoms with Crippen LogP contribution in [-0.2, 0) is 65.4 Å². The highest BCUT2D eigenvalue weighted by atomic mass is 31.2. The molecule has 0 radical (unpaired) electrons. The van der Waals surface area contributed by atoms with Gasteiger partial charge in [0, 0.05) is 25.7 Å². The van der Waals surface area contributed by atoms with E-state index < -0.39 is 97.5 Å². The third-order valence-electron chi connectivity index (χ3n) is 18.1. The Morgan fingerprint density at radius 3 is 0.800 bits per heavy atom. The maximum Gasteiger partial charge on any atom is 0.472 e. The van der Waals surface area contributed by atoms with Gasteiger partial charge in [0.1, 0.15) is 19.3 Å². The Balaban J connectivity index is 5.19. The summed E-state index contributed by atoms with van der Waals surface area (Å²) in [5.41, 5.74) is 0. The molecule has 3 N–H and O–H groups in total. The average molecular weight is 1400 g/mol. The van der Waals surface area contributed by atoms with E-state index in [0.717, 1.165) is 102 Å². The number of hydrogen-bond acceptors (Lipinski definition) is 15. The standard InChI is InChI=1S/C76H148O17P2/c1-7-10-12-14-16-18-20-21-29-32-36-40-47-53-59-74(79)86-64-71(92-75(80)60-54-48-41-37-33-30-27-25-23-22-24-26-28-31-34-38-44-50-56-68(4)5)66-90-94(82,83)88-62-70(77)63-89-95(84,85)91-67-72(93-76(81)61-55-49-43-42-45-51-57-69(6)9-3)65-87-73(78)58-52-46-39-35-19-17-15-13-11-8-2/h68-72,77H,7-67H2,1-6H3,(H,82,83)(H,84,85)/t69?,70-,71-,72-/m1/s1. The quantitative estimate of drug-likeness (QED) is 0.0222. The van der Waals surface area contributed by atoms with Crippen molar-refractivity contribution in [2.45, 2.75) is 413 Å². The van der Waals surface area contributed by atoms with Crippen LogP contribution in [0.15, 0.2) is 0 Å². The Morgan fingerprint density at radius 1 is 0.305 bits per heavy atom. The molecule has 3 unspecified atom stereocenters. The predicted molar refractivity (Wildman–Crippen MR) is 386 cm³/mol. The predicted octanol–water partition coefficient (Wildman–Crippen LogP) is 22.3. The number of hydrogen-bond donors (Lipinski definition) is 3. The number of phosphoric acid groups is 2. The fourth-order valence-electron chi connectivity index (χ4n) is 11.6. The highest BCUT2D eigenvalue weighted by Crippen LogP contribution is 2.45. The molecule has 0 aliphatic heterocycles. The topological polar surface area (TPSA) is 237 Å². The summed E-state index contributed by atoms with van der Waals surface area (Å²) in [7, 11) is -9.91. The van der Waals surface area contributed by atoms with E-state index in [0.29, 0.717) is 25.7 Å². The number of carbonyl (C=O) groups is 4. The summed E-state index contributed by atoms with van der Waals surface area (Å²) in [6, 6.07) is 0. The van der Waals surface area contributed by atoms with Crippen molar-refractivity contribution in [3.05, 3.63) is 0 Å². The monoisotopic (exact) mass is 1400 g/mol. The zero-order valence-corrected chi connectivity index (χ0v) is 63.8. The largest absolute Gasteiger partial charge is 0.472 e. The molecule has 0 aliphatic rings. The van der Waals surface area contributed by atoms with Gasteiger partial charge in [-0.2, -0.15) is 0 Å². The van der Waals surface area contributed by atoms with E-state index in [1.165, 1.54) is 212 Å². The zero-order chi connectivity index (χ0) is 70.0. The van der Waals surface area contributed by atoms with Crippen LogP contribution in [0.4, 0.5) is 0 Å². The van der Waals surface area contributed by atoms with E-state index in [9.17, 15) is 43.2 Å². The Bertz CT molecular complexity index is 1840. The molecule has 0 aliphatic carbocycles. The Kier molecular flexibility index (Phi) is 66.5. The van der Waals surface area contributed by atoms with Crippen LogP contribution >= 0.6 is 15.6 Å². The van der Waals surface area contributed by atoms with Gasteiger partial charge in [0.2, 0.25) is 0 Å². The summed E-state index contributed by atoms with van der Waals surface area (Å²) in [6.45, 7) is 9.57. The van der Waals surface area contributed by atoms with Crippen LogP contribution in [-0.4, -0.2) is 96.7 Å².